The minimum atomic E-state index is -0.311. The molecule has 0 atom stereocenters. The Morgan fingerprint density at radius 2 is 1.92 bits per heavy atom. The van der Waals surface area contributed by atoms with Crippen LogP contribution in [0.4, 0.5) is 4.39 Å². The maximum Gasteiger partial charge on any atom is 0.124 e. The molecular weight excluding hydrogens is 347 g/mol. The van der Waals surface area contributed by atoms with Crippen LogP contribution in [0, 0.1) is 5.82 Å². The van der Waals surface area contributed by atoms with Crippen molar-refractivity contribution in [2.24, 2.45) is 4.99 Å². The normalized spacial score (nSPS) is 13.1. The van der Waals surface area contributed by atoms with Gasteiger partial charge in [0.1, 0.15) is 5.82 Å². The highest BCUT2D eigenvalue weighted by molar-refractivity contribution is 6.30. The molecule has 128 valence electrons. The summed E-state index contributed by atoms with van der Waals surface area (Å²) in [6.07, 6.45) is 6.36. The molecule has 0 aliphatic carbocycles. The molecular formula is C22H16ClFN2. The Morgan fingerprint density at radius 1 is 1.00 bits per heavy atom. The van der Waals surface area contributed by atoms with Crippen molar-refractivity contribution in [3.8, 4) is 0 Å². The molecule has 1 aliphatic heterocycles. The van der Waals surface area contributed by atoms with Crippen molar-refractivity contribution >= 4 is 23.4 Å². The fraction of sp³-hybridized carbons (Fsp3) is 0.0909. The van der Waals surface area contributed by atoms with Gasteiger partial charge in [-0.15, -0.1) is 0 Å². The monoisotopic (exact) mass is 362 g/mol. The van der Waals surface area contributed by atoms with Gasteiger partial charge < -0.3 is 0 Å². The highest BCUT2D eigenvalue weighted by Gasteiger charge is 2.14. The van der Waals surface area contributed by atoms with Crippen molar-refractivity contribution < 1.29 is 4.39 Å². The van der Waals surface area contributed by atoms with Gasteiger partial charge in [-0.1, -0.05) is 29.8 Å². The van der Waals surface area contributed by atoms with Crippen LogP contribution >= 0.6 is 11.6 Å². The summed E-state index contributed by atoms with van der Waals surface area (Å²) in [6, 6.07) is 16.7. The fourth-order valence-corrected chi connectivity index (χ4v) is 3.34. The summed E-state index contributed by atoms with van der Waals surface area (Å²) in [4.78, 5) is 8.91. The predicted octanol–water partition coefficient (Wildman–Crippen LogP) is 5.48. The Morgan fingerprint density at radius 3 is 2.73 bits per heavy atom. The number of pyridine rings is 1. The molecule has 0 bridgehead atoms. The van der Waals surface area contributed by atoms with E-state index in [-0.39, 0.29) is 5.82 Å². The van der Waals surface area contributed by atoms with Gasteiger partial charge >= 0.3 is 0 Å². The van der Waals surface area contributed by atoms with Crippen molar-refractivity contribution in [2.45, 2.75) is 13.0 Å². The molecule has 0 saturated heterocycles. The van der Waals surface area contributed by atoms with E-state index in [1.807, 2.05) is 30.4 Å². The fourth-order valence-electron chi connectivity index (χ4n) is 3.10. The summed E-state index contributed by atoms with van der Waals surface area (Å²) in [6.45, 7) is 0.684. The second kappa shape index (κ2) is 7.22. The van der Waals surface area contributed by atoms with Crippen molar-refractivity contribution in [3.05, 3.63) is 106 Å². The molecule has 0 spiro atoms. The lowest BCUT2D eigenvalue weighted by Gasteiger charge is -2.07. The first-order chi connectivity index (χ1) is 12.7. The van der Waals surface area contributed by atoms with E-state index in [1.54, 1.807) is 12.3 Å². The number of aromatic nitrogens is 1. The zero-order valence-electron chi connectivity index (χ0n) is 14.0. The Balaban J connectivity index is 1.58. The Kier molecular flexibility index (Phi) is 4.63. The molecule has 1 aliphatic rings. The molecule has 0 saturated carbocycles. The largest absolute Gasteiger partial charge is 0.280 e. The number of aliphatic imine (C=N–C) groups is 1. The lowest BCUT2D eigenvalue weighted by atomic mass is 9.98. The number of rotatable bonds is 4. The molecule has 2 heterocycles. The minimum Gasteiger partial charge on any atom is -0.280 e. The third kappa shape index (κ3) is 3.73. The zero-order valence-corrected chi connectivity index (χ0v) is 14.7. The lowest BCUT2D eigenvalue weighted by Crippen LogP contribution is -1.97. The molecule has 0 amide bonds. The molecule has 2 aromatic carbocycles. The van der Waals surface area contributed by atoms with E-state index in [2.05, 4.69) is 28.2 Å². The molecule has 26 heavy (non-hydrogen) atoms. The number of hydrogen-bond acceptors (Lipinski definition) is 2. The lowest BCUT2D eigenvalue weighted by molar-refractivity contribution is 0.626. The van der Waals surface area contributed by atoms with Gasteiger partial charge in [0.15, 0.2) is 0 Å². The Hall–Kier alpha value is -2.78. The number of allylic oxidation sites excluding steroid dienone is 1. The van der Waals surface area contributed by atoms with Crippen LogP contribution in [-0.2, 0) is 13.0 Å². The quantitative estimate of drug-likeness (QED) is 0.603. The topological polar surface area (TPSA) is 25.2 Å². The number of nitrogens with zero attached hydrogens (tertiary/aromatic N) is 2. The molecule has 4 heteroatoms. The molecule has 0 N–H and O–H groups in total. The summed E-state index contributed by atoms with van der Waals surface area (Å²) in [5.74, 6) is -0.311. The van der Waals surface area contributed by atoms with Gasteiger partial charge in [0.25, 0.3) is 0 Å². The van der Waals surface area contributed by atoms with Crippen LogP contribution in [0.3, 0.4) is 0 Å². The highest BCUT2D eigenvalue weighted by Crippen LogP contribution is 2.24. The maximum atomic E-state index is 13.6. The van der Waals surface area contributed by atoms with E-state index in [4.69, 9.17) is 11.6 Å². The van der Waals surface area contributed by atoms with Crippen LogP contribution in [0.1, 0.15) is 27.9 Å². The molecule has 0 fully saturated rings. The van der Waals surface area contributed by atoms with Gasteiger partial charge in [0.2, 0.25) is 0 Å². The van der Waals surface area contributed by atoms with Crippen molar-refractivity contribution in [2.75, 3.05) is 0 Å². The van der Waals surface area contributed by atoms with E-state index in [0.717, 1.165) is 28.1 Å². The van der Waals surface area contributed by atoms with Crippen LogP contribution < -0.4 is 0 Å². The summed E-state index contributed by atoms with van der Waals surface area (Å²) in [5.41, 5.74) is 6.13. The molecule has 1 aromatic heterocycles. The maximum absolute atomic E-state index is 13.6. The average molecular weight is 363 g/mol. The van der Waals surface area contributed by atoms with E-state index in [1.165, 1.54) is 17.7 Å². The second-order valence-electron chi connectivity index (χ2n) is 6.24. The predicted molar refractivity (Wildman–Crippen MR) is 104 cm³/mol. The summed E-state index contributed by atoms with van der Waals surface area (Å²) >= 11 is 5.96. The first kappa shape index (κ1) is 16.7. The zero-order chi connectivity index (χ0) is 17.9. The molecule has 3 aromatic rings. The Labute approximate surface area is 156 Å². The summed E-state index contributed by atoms with van der Waals surface area (Å²) in [5, 5.41) is 0.418. The molecule has 4 rings (SSSR count). The highest BCUT2D eigenvalue weighted by atomic mass is 35.5. The third-order valence-corrected chi connectivity index (χ3v) is 4.52. The Bertz CT molecular complexity index is 990. The average Bonchev–Trinajstić information content (AvgIpc) is 3.02. The minimum absolute atomic E-state index is 0.311. The van der Waals surface area contributed by atoms with Crippen molar-refractivity contribution in [1.29, 1.82) is 0 Å². The van der Waals surface area contributed by atoms with E-state index in [0.29, 0.717) is 18.0 Å². The smallest absolute Gasteiger partial charge is 0.124 e. The van der Waals surface area contributed by atoms with Gasteiger partial charge in [0.05, 0.1) is 18.0 Å². The SMILES string of the molecule is Fc1cc(Cl)cc(Cc2ccc3c(c2)C(/C=C/c2ccccn2)=NC3)c1. The third-order valence-electron chi connectivity index (χ3n) is 4.30. The molecule has 0 unspecified atom stereocenters. The van der Waals surface area contributed by atoms with E-state index >= 15 is 0 Å². The van der Waals surface area contributed by atoms with Gasteiger partial charge in [0, 0.05) is 16.8 Å². The van der Waals surface area contributed by atoms with Crippen molar-refractivity contribution in [3.63, 3.8) is 0 Å². The van der Waals surface area contributed by atoms with Crippen LogP contribution in [0.2, 0.25) is 5.02 Å². The number of hydrogen-bond donors (Lipinski definition) is 0. The summed E-state index contributed by atoms with van der Waals surface area (Å²) in [7, 11) is 0. The first-order valence-corrected chi connectivity index (χ1v) is 8.76. The number of benzene rings is 2. The van der Waals surface area contributed by atoms with Crippen LogP contribution in [0.15, 0.2) is 71.9 Å². The van der Waals surface area contributed by atoms with E-state index < -0.39 is 0 Å². The van der Waals surface area contributed by atoms with Gasteiger partial charge in [-0.2, -0.15) is 0 Å². The van der Waals surface area contributed by atoms with Crippen LogP contribution in [0.25, 0.3) is 6.08 Å². The number of halogens is 2. The van der Waals surface area contributed by atoms with Gasteiger partial charge in [-0.25, -0.2) is 4.39 Å². The number of fused-ring (bicyclic) bond motifs is 1. The van der Waals surface area contributed by atoms with Gasteiger partial charge in [-0.3, -0.25) is 9.98 Å². The van der Waals surface area contributed by atoms with E-state index in [9.17, 15) is 4.39 Å². The van der Waals surface area contributed by atoms with Crippen molar-refractivity contribution in [1.82, 2.24) is 4.98 Å². The standard InChI is InChI=1S/C22H16ClFN2/c23-18-10-16(11-19(24)13-18)9-15-4-5-17-14-26-22(21(17)12-15)7-6-20-3-1-2-8-25-20/h1-8,10-13H,9,14H2/b7-6+. The molecule has 2 nitrogen and oxygen atoms in total. The molecule has 0 radical (unpaired) electrons. The van der Waals surface area contributed by atoms with Crippen LogP contribution in [-0.4, -0.2) is 10.7 Å². The van der Waals surface area contributed by atoms with Gasteiger partial charge in [-0.05, 0) is 71.7 Å². The summed E-state index contributed by atoms with van der Waals surface area (Å²) < 4.78 is 13.6. The second-order valence-corrected chi connectivity index (χ2v) is 6.67. The first-order valence-electron chi connectivity index (χ1n) is 8.38. The van der Waals surface area contributed by atoms with Crippen LogP contribution in [0.5, 0.6) is 0 Å².